The molecule has 1 aliphatic heterocycles. The summed E-state index contributed by atoms with van der Waals surface area (Å²) in [5.74, 6) is 0.217. The van der Waals surface area contributed by atoms with Gasteiger partial charge in [-0.1, -0.05) is 26.2 Å². The Morgan fingerprint density at radius 2 is 1.91 bits per heavy atom. The minimum atomic E-state index is -0.711. The number of nitrogens with one attached hydrogen (secondary N) is 2. The molecule has 174 valence electrons. The lowest BCUT2D eigenvalue weighted by Gasteiger charge is -2.23. The molecule has 1 saturated heterocycles. The highest BCUT2D eigenvalue weighted by molar-refractivity contribution is 5.55. The van der Waals surface area contributed by atoms with Crippen molar-refractivity contribution < 1.29 is 14.2 Å². The summed E-state index contributed by atoms with van der Waals surface area (Å²) >= 11 is 0. The van der Waals surface area contributed by atoms with Gasteiger partial charge in [0.1, 0.15) is 6.61 Å². The number of hydrogen-bond acceptors (Lipinski definition) is 8. The maximum atomic E-state index is 13.7. The number of ether oxygens (including phenoxy) is 1. The van der Waals surface area contributed by atoms with Gasteiger partial charge < -0.3 is 20.5 Å². The molecule has 1 aromatic heterocycles. The summed E-state index contributed by atoms with van der Waals surface area (Å²) in [7, 11) is 0. The zero-order valence-corrected chi connectivity index (χ0v) is 18.7. The van der Waals surface area contributed by atoms with E-state index in [9.17, 15) is 9.50 Å². The average Bonchev–Trinajstić information content (AvgIpc) is 3.27. The number of anilines is 3. The lowest BCUT2D eigenvalue weighted by molar-refractivity contribution is 0.170. The number of aromatic nitrogens is 3. The van der Waals surface area contributed by atoms with Gasteiger partial charge in [-0.25, -0.2) is 4.39 Å². The molecule has 1 aliphatic carbocycles. The third-order valence-electron chi connectivity index (χ3n) is 6.40. The number of halogens is 1. The molecule has 2 aromatic rings. The molecule has 0 spiro atoms. The number of aromatic hydroxyl groups is 1. The monoisotopic (exact) mass is 444 g/mol. The Hall–Kier alpha value is -2.68. The van der Waals surface area contributed by atoms with Crippen LogP contribution in [0.2, 0.25) is 0 Å². The quantitative estimate of drug-likeness (QED) is 0.493. The summed E-state index contributed by atoms with van der Waals surface area (Å²) in [6.45, 7) is 5.58. The Kier molecular flexibility index (Phi) is 7.57. The lowest BCUT2D eigenvalue weighted by atomic mass is 9.89. The van der Waals surface area contributed by atoms with Gasteiger partial charge in [-0.05, 0) is 56.8 Å². The molecule has 3 N–H and O–H groups in total. The maximum Gasteiger partial charge on any atom is 0.323 e. The Bertz CT molecular complexity index is 893. The molecular formula is C23H33FN6O2. The van der Waals surface area contributed by atoms with Crippen LogP contribution < -0.4 is 15.4 Å². The van der Waals surface area contributed by atoms with Crippen molar-refractivity contribution in [2.75, 3.05) is 36.9 Å². The van der Waals surface area contributed by atoms with Crippen LogP contribution in [0.5, 0.6) is 11.8 Å². The molecule has 2 heterocycles. The molecule has 4 rings (SSSR count). The van der Waals surface area contributed by atoms with Gasteiger partial charge in [-0.2, -0.15) is 15.0 Å². The number of likely N-dealkylation sites (tertiary alicyclic amines) is 1. The fourth-order valence-electron chi connectivity index (χ4n) is 4.57. The highest BCUT2D eigenvalue weighted by Crippen LogP contribution is 2.25. The van der Waals surface area contributed by atoms with Gasteiger partial charge in [-0.3, -0.25) is 4.90 Å². The first kappa shape index (κ1) is 22.5. The Balaban J connectivity index is 1.47. The van der Waals surface area contributed by atoms with E-state index in [4.69, 9.17) is 4.74 Å². The molecule has 0 radical (unpaired) electrons. The number of likely N-dealkylation sites (N-methyl/N-ethyl adjacent to an activating group) is 1. The summed E-state index contributed by atoms with van der Waals surface area (Å²) in [6.07, 6.45) is 8.56. The Labute approximate surface area is 188 Å². The van der Waals surface area contributed by atoms with Crippen LogP contribution in [0.3, 0.4) is 0 Å². The van der Waals surface area contributed by atoms with E-state index in [1.807, 2.05) is 0 Å². The highest BCUT2D eigenvalue weighted by atomic mass is 19.1. The third kappa shape index (κ3) is 5.97. The number of benzene rings is 1. The van der Waals surface area contributed by atoms with Crippen LogP contribution in [0.15, 0.2) is 18.2 Å². The van der Waals surface area contributed by atoms with E-state index in [2.05, 4.69) is 37.4 Å². The second-order valence-corrected chi connectivity index (χ2v) is 8.68. The van der Waals surface area contributed by atoms with Crippen molar-refractivity contribution in [3.8, 4) is 11.8 Å². The fraction of sp³-hybridized carbons (Fsp3) is 0.609. The van der Waals surface area contributed by atoms with E-state index in [1.54, 1.807) is 6.07 Å². The van der Waals surface area contributed by atoms with E-state index in [0.717, 1.165) is 26.1 Å². The second kappa shape index (κ2) is 10.8. The zero-order valence-electron chi connectivity index (χ0n) is 18.7. The zero-order chi connectivity index (χ0) is 22.3. The van der Waals surface area contributed by atoms with Crippen molar-refractivity contribution in [1.29, 1.82) is 0 Å². The van der Waals surface area contributed by atoms with Gasteiger partial charge in [0.25, 0.3) is 0 Å². The SMILES string of the molecule is CCN1CCCC1COc1nc(NCC2CCCCC2)nc(Nc2ccc(O)c(F)c2)n1. The molecule has 1 atom stereocenters. The first-order valence-corrected chi connectivity index (χ1v) is 11.7. The molecule has 9 heteroatoms. The van der Waals surface area contributed by atoms with E-state index in [-0.39, 0.29) is 12.0 Å². The van der Waals surface area contributed by atoms with Crippen molar-refractivity contribution in [3.05, 3.63) is 24.0 Å². The topological polar surface area (TPSA) is 95.4 Å². The van der Waals surface area contributed by atoms with E-state index in [1.165, 1.54) is 50.7 Å². The van der Waals surface area contributed by atoms with Gasteiger partial charge in [0, 0.05) is 24.3 Å². The number of rotatable bonds is 9. The molecule has 2 fully saturated rings. The molecular weight excluding hydrogens is 411 g/mol. The summed E-state index contributed by atoms with van der Waals surface area (Å²) in [5.41, 5.74) is 0.434. The number of hydrogen-bond donors (Lipinski definition) is 3. The first-order chi connectivity index (χ1) is 15.6. The molecule has 1 unspecified atom stereocenters. The average molecular weight is 445 g/mol. The largest absolute Gasteiger partial charge is 0.505 e. The molecule has 2 aliphatic rings. The predicted octanol–water partition coefficient (Wildman–Crippen LogP) is 4.32. The molecule has 8 nitrogen and oxygen atoms in total. The van der Waals surface area contributed by atoms with E-state index >= 15 is 0 Å². The summed E-state index contributed by atoms with van der Waals surface area (Å²) < 4.78 is 19.7. The number of phenols is 1. The van der Waals surface area contributed by atoms with Gasteiger partial charge in [-0.15, -0.1) is 0 Å². The molecule has 1 aromatic carbocycles. The van der Waals surface area contributed by atoms with Crippen LogP contribution in [-0.2, 0) is 0 Å². The highest BCUT2D eigenvalue weighted by Gasteiger charge is 2.24. The summed E-state index contributed by atoms with van der Waals surface area (Å²) in [5, 5.41) is 15.8. The van der Waals surface area contributed by atoms with Gasteiger partial charge >= 0.3 is 6.01 Å². The maximum absolute atomic E-state index is 13.7. The predicted molar refractivity (Wildman–Crippen MR) is 122 cm³/mol. The van der Waals surface area contributed by atoms with Crippen molar-refractivity contribution >= 4 is 17.6 Å². The van der Waals surface area contributed by atoms with Crippen LogP contribution in [-0.4, -0.2) is 57.2 Å². The molecule has 32 heavy (non-hydrogen) atoms. The molecule has 1 saturated carbocycles. The normalized spacial score (nSPS) is 19.8. The van der Waals surface area contributed by atoms with Crippen LogP contribution in [0.4, 0.5) is 22.0 Å². The summed E-state index contributed by atoms with van der Waals surface area (Å²) in [4.78, 5) is 15.7. The fourth-order valence-corrected chi connectivity index (χ4v) is 4.57. The van der Waals surface area contributed by atoms with E-state index in [0.29, 0.717) is 30.2 Å². The number of nitrogens with zero attached hydrogens (tertiary/aromatic N) is 4. The first-order valence-electron chi connectivity index (χ1n) is 11.7. The minimum absolute atomic E-state index is 0.246. The summed E-state index contributed by atoms with van der Waals surface area (Å²) in [6, 6.07) is 4.66. The van der Waals surface area contributed by atoms with Gasteiger partial charge in [0.15, 0.2) is 11.6 Å². The van der Waals surface area contributed by atoms with Crippen molar-refractivity contribution in [3.63, 3.8) is 0 Å². The Morgan fingerprint density at radius 1 is 1.09 bits per heavy atom. The lowest BCUT2D eigenvalue weighted by Crippen LogP contribution is -2.34. The van der Waals surface area contributed by atoms with Crippen molar-refractivity contribution in [2.45, 2.75) is 57.9 Å². The Morgan fingerprint density at radius 3 is 2.69 bits per heavy atom. The third-order valence-corrected chi connectivity index (χ3v) is 6.40. The van der Waals surface area contributed by atoms with Crippen LogP contribution >= 0.6 is 0 Å². The standard InChI is InChI=1S/C23H33FN6O2/c1-2-30-12-6-9-18(30)15-32-23-28-21(25-14-16-7-4-3-5-8-16)27-22(29-23)26-17-10-11-20(31)19(24)13-17/h10-11,13,16,18,31H,2-9,12,14-15H2,1H3,(H2,25,26,27,28,29). The molecule has 0 amide bonds. The van der Waals surface area contributed by atoms with E-state index < -0.39 is 11.6 Å². The minimum Gasteiger partial charge on any atom is -0.505 e. The number of phenolic OH excluding ortho intramolecular Hbond substituents is 1. The molecule has 0 bridgehead atoms. The second-order valence-electron chi connectivity index (χ2n) is 8.68. The van der Waals surface area contributed by atoms with Crippen LogP contribution in [0.25, 0.3) is 0 Å². The van der Waals surface area contributed by atoms with Crippen molar-refractivity contribution in [2.24, 2.45) is 5.92 Å². The van der Waals surface area contributed by atoms with Gasteiger partial charge in [0.05, 0.1) is 0 Å². The smallest absolute Gasteiger partial charge is 0.323 e. The van der Waals surface area contributed by atoms with Crippen molar-refractivity contribution in [1.82, 2.24) is 19.9 Å². The van der Waals surface area contributed by atoms with Crippen LogP contribution in [0, 0.1) is 11.7 Å². The van der Waals surface area contributed by atoms with Crippen LogP contribution in [0.1, 0.15) is 51.9 Å². The van der Waals surface area contributed by atoms with Gasteiger partial charge in [0.2, 0.25) is 11.9 Å².